The zero-order valence-corrected chi connectivity index (χ0v) is 8.51. The van der Waals surface area contributed by atoms with Gasteiger partial charge in [0.05, 0.1) is 11.1 Å². The molecule has 0 saturated carbocycles. The third-order valence-electron chi connectivity index (χ3n) is 2.17. The molecule has 0 spiro atoms. The molecular formula is C11H12O5. The van der Waals surface area contributed by atoms with E-state index in [2.05, 4.69) is 0 Å². The molecule has 0 fully saturated rings. The molecule has 0 aliphatic carbocycles. The first-order valence-corrected chi connectivity index (χ1v) is 4.76. The van der Waals surface area contributed by atoms with Crippen molar-refractivity contribution in [2.75, 3.05) is 6.61 Å². The second-order valence-corrected chi connectivity index (χ2v) is 3.32. The summed E-state index contributed by atoms with van der Waals surface area (Å²) < 4.78 is 0. The molecule has 0 aliphatic rings. The highest BCUT2D eigenvalue weighted by atomic mass is 16.4. The highest BCUT2D eigenvalue weighted by molar-refractivity contribution is 6.01. The van der Waals surface area contributed by atoms with E-state index in [1.165, 1.54) is 12.1 Å². The molecule has 1 aromatic carbocycles. The summed E-state index contributed by atoms with van der Waals surface area (Å²) in [6, 6.07) is 4.17. The Kier molecular flexibility index (Phi) is 4.02. The number of hydrogen-bond donors (Lipinski definition) is 3. The molecule has 0 atom stereocenters. The molecule has 0 saturated heterocycles. The lowest BCUT2D eigenvalue weighted by Gasteiger charge is -2.05. The minimum atomic E-state index is -1.26. The number of carboxylic acids is 2. The second kappa shape index (κ2) is 5.27. The molecule has 0 aromatic heterocycles. The van der Waals surface area contributed by atoms with Gasteiger partial charge < -0.3 is 15.3 Å². The van der Waals surface area contributed by atoms with Gasteiger partial charge in [-0.2, -0.15) is 0 Å². The van der Waals surface area contributed by atoms with Crippen molar-refractivity contribution in [1.82, 2.24) is 0 Å². The van der Waals surface area contributed by atoms with Gasteiger partial charge in [0.1, 0.15) is 0 Å². The monoisotopic (exact) mass is 224 g/mol. The van der Waals surface area contributed by atoms with Crippen molar-refractivity contribution in [1.29, 1.82) is 0 Å². The average Bonchev–Trinajstić information content (AvgIpc) is 2.25. The molecule has 0 bridgehead atoms. The van der Waals surface area contributed by atoms with Crippen molar-refractivity contribution in [3.8, 4) is 0 Å². The molecule has 0 unspecified atom stereocenters. The summed E-state index contributed by atoms with van der Waals surface area (Å²) >= 11 is 0. The number of carboxylic acid groups (broad SMARTS) is 2. The number of rotatable bonds is 5. The minimum absolute atomic E-state index is 0.0170. The van der Waals surface area contributed by atoms with Gasteiger partial charge in [-0.25, -0.2) is 9.59 Å². The van der Waals surface area contributed by atoms with E-state index in [1.807, 2.05) is 0 Å². The van der Waals surface area contributed by atoms with Crippen LogP contribution in [-0.2, 0) is 6.42 Å². The van der Waals surface area contributed by atoms with Crippen LogP contribution in [-0.4, -0.2) is 33.9 Å². The van der Waals surface area contributed by atoms with E-state index in [4.69, 9.17) is 15.3 Å². The first kappa shape index (κ1) is 12.2. The standard InChI is InChI=1S/C11H12O5/c12-5-1-2-7-3-4-8(10(13)14)9(6-7)11(15)16/h3-4,6,12H,1-2,5H2,(H,13,14)(H,15,16). The SMILES string of the molecule is O=C(O)c1ccc(CCCO)cc1C(=O)O. The van der Waals surface area contributed by atoms with Gasteiger partial charge in [-0.15, -0.1) is 0 Å². The summed E-state index contributed by atoms with van der Waals surface area (Å²) in [6.45, 7) is 0.0170. The van der Waals surface area contributed by atoms with Crippen LogP contribution in [0.3, 0.4) is 0 Å². The Morgan fingerprint density at radius 1 is 1.06 bits per heavy atom. The van der Waals surface area contributed by atoms with Crippen LogP contribution in [0.2, 0.25) is 0 Å². The number of aryl methyl sites for hydroxylation is 1. The lowest BCUT2D eigenvalue weighted by Crippen LogP contribution is -2.08. The Hall–Kier alpha value is -1.88. The van der Waals surface area contributed by atoms with Gasteiger partial charge in [-0.1, -0.05) is 6.07 Å². The van der Waals surface area contributed by atoms with Gasteiger partial charge >= 0.3 is 11.9 Å². The molecule has 0 amide bonds. The van der Waals surface area contributed by atoms with Crippen LogP contribution < -0.4 is 0 Å². The van der Waals surface area contributed by atoms with Crippen molar-refractivity contribution >= 4 is 11.9 Å². The molecule has 86 valence electrons. The van der Waals surface area contributed by atoms with E-state index in [0.717, 1.165) is 0 Å². The predicted molar refractivity (Wildman–Crippen MR) is 55.8 cm³/mol. The highest BCUT2D eigenvalue weighted by Gasteiger charge is 2.15. The summed E-state index contributed by atoms with van der Waals surface area (Å²) in [7, 11) is 0. The molecule has 5 nitrogen and oxygen atoms in total. The molecule has 5 heteroatoms. The largest absolute Gasteiger partial charge is 0.478 e. The van der Waals surface area contributed by atoms with Gasteiger partial charge in [0.2, 0.25) is 0 Å². The quantitative estimate of drug-likeness (QED) is 0.693. The molecule has 0 aliphatic heterocycles. The van der Waals surface area contributed by atoms with Crippen molar-refractivity contribution in [3.63, 3.8) is 0 Å². The first-order valence-electron chi connectivity index (χ1n) is 4.76. The molecular weight excluding hydrogens is 212 g/mol. The van der Waals surface area contributed by atoms with Crippen LogP contribution in [0.1, 0.15) is 32.7 Å². The van der Waals surface area contributed by atoms with Crippen LogP contribution in [0, 0.1) is 0 Å². The number of aliphatic hydroxyl groups is 1. The number of benzene rings is 1. The van der Waals surface area contributed by atoms with Gasteiger partial charge in [0.25, 0.3) is 0 Å². The smallest absolute Gasteiger partial charge is 0.336 e. The van der Waals surface area contributed by atoms with Crippen LogP contribution in [0.25, 0.3) is 0 Å². The van der Waals surface area contributed by atoms with Gasteiger partial charge in [-0.3, -0.25) is 0 Å². The van der Waals surface area contributed by atoms with Crippen molar-refractivity contribution in [2.45, 2.75) is 12.8 Å². The Morgan fingerprint density at radius 3 is 2.19 bits per heavy atom. The maximum Gasteiger partial charge on any atom is 0.336 e. The number of carbonyl (C=O) groups is 2. The summed E-state index contributed by atoms with van der Waals surface area (Å²) in [6.07, 6.45) is 1.04. The topological polar surface area (TPSA) is 94.8 Å². The lowest BCUT2D eigenvalue weighted by atomic mass is 10.0. The maximum atomic E-state index is 10.8. The number of hydrogen-bond acceptors (Lipinski definition) is 3. The van der Waals surface area contributed by atoms with Gasteiger partial charge in [0.15, 0.2) is 0 Å². The molecule has 3 N–H and O–H groups in total. The number of aliphatic hydroxyl groups excluding tert-OH is 1. The van der Waals surface area contributed by atoms with Crippen LogP contribution in [0.15, 0.2) is 18.2 Å². The summed E-state index contributed by atoms with van der Waals surface area (Å²) in [5.41, 5.74) is 0.264. The van der Waals surface area contributed by atoms with Crippen molar-refractivity contribution < 1.29 is 24.9 Å². The van der Waals surface area contributed by atoms with E-state index in [9.17, 15) is 9.59 Å². The summed E-state index contributed by atoms with van der Waals surface area (Å²) in [4.78, 5) is 21.6. The summed E-state index contributed by atoms with van der Waals surface area (Å²) in [5.74, 6) is -2.52. The van der Waals surface area contributed by atoms with Crippen LogP contribution in [0.5, 0.6) is 0 Å². The van der Waals surface area contributed by atoms with Crippen LogP contribution in [0.4, 0.5) is 0 Å². The maximum absolute atomic E-state index is 10.8. The zero-order valence-electron chi connectivity index (χ0n) is 8.51. The highest BCUT2D eigenvalue weighted by Crippen LogP contribution is 2.14. The number of aromatic carboxylic acids is 2. The van der Waals surface area contributed by atoms with Crippen molar-refractivity contribution in [2.24, 2.45) is 0 Å². The average molecular weight is 224 g/mol. The van der Waals surface area contributed by atoms with E-state index in [1.54, 1.807) is 6.07 Å². The molecule has 1 rings (SSSR count). The van der Waals surface area contributed by atoms with Gasteiger partial charge in [0, 0.05) is 6.61 Å². The predicted octanol–water partition coefficient (Wildman–Crippen LogP) is 1.01. The Morgan fingerprint density at radius 2 is 1.69 bits per heavy atom. The zero-order chi connectivity index (χ0) is 12.1. The first-order chi connectivity index (χ1) is 7.56. The molecule has 0 radical (unpaired) electrons. The molecule has 0 heterocycles. The van der Waals surface area contributed by atoms with Crippen molar-refractivity contribution in [3.05, 3.63) is 34.9 Å². The third-order valence-corrected chi connectivity index (χ3v) is 2.17. The lowest BCUT2D eigenvalue weighted by molar-refractivity contribution is 0.0651. The molecule has 1 aromatic rings. The molecule has 16 heavy (non-hydrogen) atoms. The second-order valence-electron chi connectivity index (χ2n) is 3.32. The fourth-order valence-electron chi connectivity index (χ4n) is 1.39. The summed E-state index contributed by atoms with van der Waals surface area (Å²) in [5, 5.41) is 26.3. The minimum Gasteiger partial charge on any atom is -0.478 e. The van der Waals surface area contributed by atoms with Gasteiger partial charge in [-0.05, 0) is 30.5 Å². The normalized spacial score (nSPS) is 10.1. The van der Waals surface area contributed by atoms with E-state index in [0.29, 0.717) is 18.4 Å². The fourth-order valence-corrected chi connectivity index (χ4v) is 1.39. The Bertz CT molecular complexity index is 411. The Balaban J connectivity index is 3.07. The van der Waals surface area contributed by atoms with E-state index >= 15 is 0 Å². The van der Waals surface area contributed by atoms with E-state index < -0.39 is 11.9 Å². The van der Waals surface area contributed by atoms with Crippen LogP contribution >= 0.6 is 0 Å². The Labute approximate surface area is 92.0 Å². The van der Waals surface area contributed by atoms with E-state index in [-0.39, 0.29) is 17.7 Å². The third kappa shape index (κ3) is 2.80. The fraction of sp³-hybridized carbons (Fsp3) is 0.273.